The number of anilines is 1. The Balaban J connectivity index is 1.21. The van der Waals surface area contributed by atoms with Gasteiger partial charge in [-0.2, -0.15) is 0 Å². The summed E-state index contributed by atoms with van der Waals surface area (Å²) in [5.74, 6) is -0.529. The number of esters is 1. The van der Waals surface area contributed by atoms with Gasteiger partial charge in [-0.25, -0.2) is 14.8 Å². The van der Waals surface area contributed by atoms with Crippen LogP contribution in [0, 0.1) is 0 Å². The van der Waals surface area contributed by atoms with Crippen LogP contribution in [0.3, 0.4) is 0 Å². The van der Waals surface area contributed by atoms with Gasteiger partial charge in [0.2, 0.25) is 5.91 Å². The highest BCUT2D eigenvalue weighted by atomic mass is 16.5. The molecule has 6 nitrogen and oxygen atoms in total. The van der Waals surface area contributed by atoms with Crippen molar-refractivity contribution in [1.29, 1.82) is 0 Å². The van der Waals surface area contributed by atoms with Crippen molar-refractivity contribution in [1.82, 2.24) is 9.97 Å². The second-order valence-electron chi connectivity index (χ2n) is 9.52. The van der Waals surface area contributed by atoms with Crippen LogP contribution in [-0.4, -0.2) is 35.0 Å². The van der Waals surface area contributed by atoms with Crippen molar-refractivity contribution in [3.63, 3.8) is 0 Å². The number of amides is 1. The minimum absolute atomic E-state index is 0.0161. The minimum atomic E-state index is -0.487. The summed E-state index contributed by atoms with van der Waals surface area (Å²) < 4.78 is 5.50. The maximum atomic E-state index is 12.9. The van der Waals surface area contributed by atoms with E-state index in [1.807, 2.05) is 78.9 Å². The number of carbonyl (C=O) groups excluding carboxylic acids is 2. The number of benzene rings is 4. The molecular weight excluding hydrogens is 486 g/mol. The number of carbonyl (C=O) groups is 2. The van der Waals surface area contributed by atoms with E-state index >= 15 is 0 Å². The molecule has 0 fully saturated rings. The predicted molar refractivity (Wildman–Crippen MR) is 152 cm³/mol. The van der Waals surface area contributed by atoms with Crippen LogP contribution in [0.25, 0.3) is 33.5 Å². The van der Waals surface area contributed by atoms with Crippen LogP contribution in [0.1, 0.15) is 28.8 Å². The quantitative estimate of drug-likeness (QED) is 0.243. The fraction of sp³-hybridized carbons (Fsp3) is 0.152. The highest BCUT2D eigenvalue weighted by Gasteiger charge is 2.22. The molecule has 0 atom stereocenters. The van der Waals surface area contributed by atoms with Gasteiger partial charge in [0.15, 0.2) is 0 Å². The predicted octanol–water partition coefficient (Wildman–Crippen LogP) is 6.49. The number of fused-ring (bicyclic) bond motifs is 2. The minimum Gasteiger partial charge on any atom is -0.462 e. The van der Waals surface area contributed by atoms with Crippen LogP contribution in [-0.2, 0) is 16.0 Å². The smallest absolute Gasteiger partial charge is 0.338 e. The molecule has 0 saturated carbocycles. The van der Waals surface area contributed by atoms with E-state index in [1.165, 1.54) is 5.56 Å². The first-order valence-electron chi connectivity index (χ1n) is 13.2. The summed E-state index contributed by atoms with van der Waals surface area (Å²) in [6, 6.07) is 33.0. The Morgan fingerprint density at radius 1 is 0.744 bits per heavy atom. The number of aryl methyl sites for hydroxylation is 1. The molecule has 0 aliphatic carbocycles. The molecule has 0 N–H and O–H groups in total. The van der Waals surface area contributed by atoms with Crippen molar-refractivity contribution in [2.75, 3.05) is 18.1 Å². The van der Waals surface area contributed by atoms with Crippen LogP contribution in [0.2, 0.25) is 0 Å². The Morgan fingerprint density at radius 2 is 1.38 bits per heavy atom. The van der Waals surface area contributed by atoms with Gasteiger partial charge in [0.05, 0.1) is 34.4 Å². The number of nitrogens with zero attached hydrogens (tertiary/aromatic N) is 3. The molecule has 192 valence electrons. The fourth-order valence-electron chi connectivity index (χ4n) is 5.02. The van der Waals surface area contributed by atoms with Crippen LogP contribution < -0.4 is 4.90 Å². The van der Waals surface area contributed by atoms with Gasteiger partial charge in [-0.05, 0) is 42.7 Å². The van der Waals surface area contributed by atoms with Crippen LogP contribution in [0.15, 0.2) is 103 Å². The van der Waals surface area contributed by atoms with Gasteiger partial charge in [0.1, 0.15) is 6.61 Å². The van der Waals surface area contributed by atoms with Crippen molar-refractivity contribution in [3.8, 4) is 22.5 Å². The number of aromatic nitrogens is 2. The lowest BCUT2D eigenvalue weighted by molar-refractivity contribution is -0.119. The summed E-state index contributed by atoms with van der Waals surface area (Å²) in [7, 11) is 0. The standard InChI is InChI=1S/C33H27N3O3/c37-30(36-20-9-15-23-10-7-8-16-29(23)36)19-21-39-33(38)26-17-18-27-28(22-26)35-32(25-13-5-2-6-14-25)31(34-27)24-11-3-1-4-12-24/h1-8,10-14,16-18,22H,9,15,19-21H2. The van der Waals surface area contributed by atoms with Gasteiger partial charge >= 0.3 is 5.97 Å². The number of ether oxygens (including phenoxy) is 1. The van der Waals surface area contributed by atoms with E-state index in [4.69, 9.17) is 14.7 Å². The highest BCUT2D eigenvalue weighted by molar-refractivity contribution is 5.96. The summed E-state index contributed by atoms with van der Waals surface area (Å²) in [4.78, 5) is 37.4. The number of hydrogen-bond donors (Lipinski definition) is 0. The lowest BCUT2D eigenvalue weighted by atomic mass is 10.0. The molecule has 0 spiro atoms. The first-order valence-corrected chi connectivity index (χ1v) is 13.2. The number of hydrogen-bond acceptors (Lipinski definition) is 5. The lowest BCUT2D eigenvalue weighted by Gasteiger charge is -2.29. The maximum absolute atomic E-state index is 12.9. The van der Waals surface area contributed by atoms with Crippen molar-refractivity contribution >= 4 is 28.6 Å². The molecular formula is C33H27N3O3. The third-order valence-corrected chi connectivity index (χ3v) is 6.95. The Hall–Kier alpha value is -4.84. The fourth-order valence-corrected chi connectivity index (χ4v) is 5.02. The summed E-state index contributed by atoms with van der Waals surface area (Å²) in [5, 5.41) is 0. The van der Waals surface area contributed by atoms with Gasteiger partial charge in [-0.3, -0.25) is 4.79 Å². The van der Waals surface area contributed by atoms with E-state index in [1.54, 1.807) is 23.1 Å². The molecule has 39 heavy (non-hydrogen) atoms. The van der Waals surface area contributed by atoms with E-state index in [0.717, 1.165) is 41.0 Å². The molecule has 6 heteroatoms. The largest absolute Gasteiger partial charge is 0.462 e. The first-order chi connectivity index (χ1) is 19.2. The Kier molecular flexibility index (Phi) is 6.83. The van der Waals surface area contributed by atoms with E-state index in [2.05, 4.69) is 6.07 Å². The zero-order valence-corrected chi connectivity index (χ0v) is 21.4. The third kappa shape index (κ3) is 5.14. The summed E-state index contributed by atoms with van der Waals surface area (Å²) in [6.07, 6.45) is 2.03. The second kappa shape index (κ2) is 10.9. The van der Waals surface area contributed by atoms with Crippen molar-refractivity contribution < 1.29 is 14.3 Å². The molecule has 1 amide bonds. The molecule has 0 bridgehead atoms. The van der Waals surface area contributed by atoms with Crippen molar-refractivity contribution in [2.45, 2.75) is 19.3 Å². The van der Waals surface area contributed by atoms with E-state index in [-0.39, 0.29) is 18.9 Å². The third-order valence-electron chi connectivity index (χ3n) is 6.95. The van der Waals surface area contributed by atoms with E-state index in [0.29, 0.717) is 23.1 Å². The molecule has 1 aliphatic rings. The van der Waals surface area contributed by atoms with E-state index in [9.17, 15) is 9.59 Å². The van der Waals surface area contributed by atoms with Gasteiger partial charge in [-0.1, -0.05) is 78.9 Å². The van der Waals surface area contributed by atoms with E-state index < -0.39 is 5.97 Å². The number of rotatable bonds is 6. The van der Waals surface area contributed by atoms with Gasteiger partial charge in [0.25, 0.3) is 0 Å². The molecule has 0 radical (unpaired) electrons. The molecule has 0 saturated heterocycles. The Morgan fingerprint density at radius 3 is 2.10 bits per heavy atom. The number of para-hydroxylation sites is 1. The van der Waals surface area contributed by atoms with Gasteiger partial charge < -0.3 is 9.64 Å². The molecule has 0 unspecified atom stereocenters. The molecule has 4 aromatic carbocycles. The lowest BCUT2D eigenvalue weighted by Crippen LogP contribution is -2.36. The molecule has 1 aliphatic heterocycles. The molecule has 6 rings (SSSR count). The van der Waals surface area contributed by atoms with Crippen LogP contribution in [0.4, 0.5) is 5.69 Å². The van der Waals surface area contributed by atoms with Crippen molar-refractivity contribution in [3.05, 3.63) is 114 Å². The maximum Gasteiger partial charge on any atom is 0.338 e. The summed E-state index contributed by atoms with van der Waals surface area (Å²) >= 11 is 0. The van der Waals surface area contributed by atoms with Gasteiger partial charge in [-0.15, -0.1) is 0 Å². The average molecular weight is 514 g/mol. The zero-order valence-electron chi connectivity index (χ0n) is 21.4. The highest BCUT2D eigenvalue weighted by Crippen LogP contribution is 2.31. The SMILES string of the molecule is O=C(OCCC(=O)N1CCCc2ccccc21)c1ccc2nc(-c3ccccc3)c(-c3ccccc3)nc2c1. The average Bonchev–Trinajstić information content (AvgIpc) is 3.00. The van der Waals surface area contributed by atoms with Gasteiger partial charge in [0, 0.05) is 23.4 Å². The van der Waals surface area contributed by atoms with Crippen LogP contribution in [0.5, 0.6) is 0 Å². The Labute approximate surface area is 226 Å². The van der Waals surface area contributed by atoms with Crippen molar-refractivity contribution in [2.24, 2.45) is 0 Å². The second-order valence-corrected chi connectivity index (χ2v) is 9.52. The normalized spacial score (nSPS) is 12.7. The first kappa shape index (κ1) is 24.5. The van der Waals surface area contributed by atoms with Crippen LogP contribution >= 0.6 is 0 Å². The summed E-state index contributed by atoms with van der Waals surface area (Å²) in [5.41, 5.74) is 7.22. The summed E-state index contributed by atoms with van der Waals surface area (Å²) in [6.45, 7) is 0.699. The zero-order chi connectivity index (χ0) is 26.6. The molecule has 5 aromatic rings. The monoisotopic (exact) mass is 513 g/mol. The molecule has 2 heterocycles. The molecule has 1 aromatic heterocycles. The topological polar surface area (TPSA) is 72.4 Å². The Bertz CT molecular complexity index is 1650.